The number of pyridine rings is 2. The Hall–Kier alpha value is -2.84. The maximum atomic E-state index is 12.6. The molecule has 0 bridgehead atoms. The van der Waals surface area contributed by atoms with Crippen molar-refractivity contribution in [3.05, 3.63) is 58.3 Å². The molecule has 0 saturated carbocycles. The molecule has 9 heteroatoms. The predicted octanol–water partition coefficient (Wildman–Crippen LogP) is 2.45. The number of halogens is 3. The Balaban J connectivity index is 2.12. The van der Waals surface area contributed by atoms with Crippen LogP contribution in [-0.2, 0) is 12.7 Å². The molecule has 2 N–H and O–H groups in total. The molecule has 0 atom stereocenters. The fourth-order valence-electron chi connectivity index (χ4n) is 1.76. The number of nitrogens with zero attached hydrogens (tertiary/aromatic N) is 2. The topological polar surface area (TPSA) is 78.1 Å². The van der Waals surface area contributed by atoms with Gasteiger partial charge in [0.25, 0.3) is 5.56 Å². The second kappa shape index (κ2) is 6.51. The Bertz CT molecular complexity index is 744. The molecule has 2 rings (SSSR count). The lowest BCUT2D eigenvalue weighted by Gasteiger charge is -2.17. The average molecular weight is 326 g/mol. The fourth-order valence-corrected chi connectivity index (χ4v) is 1.76. The normalized spacial score (nSPS) is 11.1. The van der Waals surface area contributed by atoms with E-state index in [9.17, 15) is 22.8 Å². The molecule has 23 heavy (non-hydrogen) atoms. The van der Waals surface area contributed by atoms with Crippen molar-refractivity contribution in [3.8, 4) is 0 Å². The molecule has 0 aliphatic carbocycles. The molecule has 0 saturated heterocycles. The number of hydrogen-bond acceptors (Lipinski definition) is 3. The number of hydrogen-bond donors (Lipinski definition) is 2. The Morgan fingerprint density at radius 2 is 2.13 bits per heavy atom. The van der Waals surface area contributed by atoms with Gasteiger partial charge in [0.05, 0.1) is 17.8 Å². The zero-order valence-electron chi connectivity index (χ0n) is 12.0. The van der Waals surface area contributed by atoms with E-state index in [4.69, 9.17) is 0 Å². The molecule has 2 aromatic heterocycles. The summed E-state index contributed by atoms with van der Waals surface area (Å²) < 4.78 is 37.9. The van der Waals surface area contributed by atoms with Crippen molar-refractivity contribution in [1.82, 2.24) is 14.9 Å². The van der Waals surface area contributed by atoms with Crippen LogP contribution in [-0.4, -0.2) is 27.9 Å². The van der Waals surface area contributed by atoms with E-state index in [-0.39, 0.29) is 6.54 Å². The number of urea groups is 1. The van der Waals surface area contributed by atoms with Gasteiger partial charge >= 0.3 is 12.2 Å². The minimum Gasteiger partial charge on any atom is -0.327 e. The molecule has 0 spiro atoms. The average Bonchev–Trinajstić information content (AvgIpc) is 2.49. The van der Waals surface area contributed by atoms with Gasteiger partial charge in [-0.05, 0) is 18.2 Å². The van der Waals surface area contributed by atoms with Crippen LogP contribution in [0.1, 0.15) is 11.3 Å². The monoisotopic (exact) mass is 326 g/mol. The van der Waals surface area contributed by atoms with Crippen LogP contribution in [0.25, 0.3) is 0 Å². The molecule has 122 valence electrons. The van der Waals surface area contributed by atoms with Crippen LogP contribution in [0.4, 0.5) is 23.7 Å². The lowest BCUT2D eigenvalue weighted by Crippen LogP contribution is -2.33. The highest BCUT2D eigenvalue weighted by atomic mass is 19.4. The number of anilines is 1. The van der Waals surface area contributed by atoms with Crippen LogP contribution in [0.5, 0.6) is 0 Å². The highest BCUT2D eigenvalue weighted by Gasteiger charge is 2.31. The van der Waals surface area contributed by atoms with Gasteiger partial charge in [-0.1, -0.05) is 6.07 Å². The van der Waals surface area contributed by atoms with E-state index < -0.39 is 29.0 Å². The van der Waals surface area contributed by atoms with Gasteiger partial charge < -0.3 is 15.2 Å². The quantitative estimate of drug-likeness (QED) is 0.909. The minimum atomic E-state index is -4.62. The Labute approximate surface area is 129 Å². The predicted molar refractivity (Wildman–Crippen MR) is 76.8 cm³/mol. The number of aromatic nitrogens is 2. The number of amides is 2. The SMILES string of the molecule is CN(Cc1ccccn1)C(=O)Nc1cc(C(F)(F)F)c[nH]c1=O. The third-order valence-corrected chi connectivity index (χ3v) is 2.94. The lowest BCUT2D eigenvalue weighted by atomic mass is 10.2. The molecule has 2 aromatic rings. The van der Waals surface area contributed by atoms with Gasteiger partial charge in [-0.2, -0.15) is 13.2 Å². The summed E-state index contributed by atoms with van der Waals surface area (Å²) >= 11 is 0. The molecular weight excluding hydrogens is 313 g/mol. The molecule has 0 aliphatic rings. The Morgan fingerprint density at radius 3 is 2.74 bits per heavy atom. The van der Waals surface area contributed by atoms with Crippen molar-refractivity contribution in [3.63, 3.8) is 0 Å². The molecule has 0 aromatic carbocycles. The summed E-state index contributed by atoms with van der Waals surface area (Å²) in [4.78, 5) is 30.7. The maximum absolute atomic E-state index is 12.6. The Kier molecular flexibility index (Phi) is 4.68. The van der Waals surface area contributed by atoms with Gasteiger partial charge in [-0.15, -0.1) is 0 Å². The van der Waals surface area contributed by atoms with Crippen LogP contribution in [0.2, 0.25) is 0 Å². The summed E-state index contributed by atoms with van der Waals surface area (Å²) in [6, 6.07) is 5.02. The van der Waals surface area contributed by atoms with Crippen molar-refractivity contribution >= 4 is 11.7 Å². The largest absolute Gasteiger partial charge is 0.417 e. The van der Waals surface area contributed by atoms with E-state index in [1.165, 1.54) is 11.9 Å². The Morgan fingerprint density at radius 1 is 1.39 bits per heavy atom. The molecule has 0 radical (unpaired) electrons. The molecule has 6 nitrogen and oxygen atoms in total. The van der Waals surface area contributed by atoms with Gasteiger partial charge in [0.2, 0.25) is 0 Å². The number of carbonyl (C=O) groups excluding carboxylic acids is 1. The summed E-state index contributed by atoms with van der Waals surface area (Å²) in [6.45, 7) is 0.142. The van der Waals surface area contributed by atoms with Crippen molar-refractivity contribution in [2.24, 2.45) is 0 Å². The number of aromatic amines is 1. The molecular formula is C14H13F3N4O2. The van der Waals surface area contributed by atoms with Crippen LogP contribution in [0.15, 0.2) is 41.5 Å². The number of carbonyl (C=O) groups is 1. The van der Waals surface area contributed by atoms with Crippen LogP contribution < -0.4 is 10.9 Å². The molecule has 2 heterocycles. The summed E-state index contributed by atoms with van der Waals surface area (Å²) in [5.74, 6) is 0. The highest BCUT2D eigenvalue weighted by molar-refractivity contribution is 5.88. The van der Waals surface area contributed by atoms with Gasteiger partial charge in [0.1, 0.15) is 5.69 Å². The van der Waals surface area contributed by atoms with Crippen LogP contribution >= 0.6 is 0 Å². The van der Waals surface area contributed by atoms with Gasteiger partial charge in [-0.3, -0.25) is 9.78 Å². The summed E-state index contributed by atoms with van der Waals surface area (Å²) in [7, 11) is 1.44. The summed E-state index contributed by atoms with van der Waals surface area (Å²) in [5.41, 5.74) is -1.75. The fraction of sp³-hybridized carbons (Fsp3) is 0.214. The zero-order chi connectivity index (χ0) is 17.0. The van der Waals surface area contributed by atoms with Crippen LogP contribution in [0, 0.1) is 0 Å². The van der Waals surface area contributed by atoms with Crippen molar-refractivity contribution < 1.29 is 18.0 Å². The number of nitrogens with one attached hydrogen (secondary N) is 2. The van der Waals surface area contributed by atoms with E-state index >= 15 is 0 Å². The van der Waals surface area contributed by atoms with E-state index in [0.717, 1.165) is 0 Å². The highest BCUT2D eigenvalue weighted by Crippen LogP contribution is 2.29. The number of alkyl halides is 3. The first-order valence-corrected chi connectivity index (χ1v) is 6.49. The van der Waals surface area contributed by atoms with E-state index in [2.05, 4.69) is 10.3 Å². The van der Waals surface area contributed by atoms with Crippen molar-refractivity contribution in [2.75, 3.05) is 12.4 Å². The van der Waals surface area contributed by atoms with Crippen LogP contribution in [0.3, 0.4) is 0 Å². The molecule has 0 fully saturated rings. The third-order valence-electron chi connectivity index (χ3n) is 2.94. The summed E-state index contributed by atoms with van der Waals surface area (Å²) in [6.07, 6.45) is -2.52. The van der Waals surface area contributed by atoms with Gasteiger partial charge in [0, 0.05) is 19.4 Å². The van der Waals surface area contributed by atoms with E-state index in [1.807, 2.05) is 4.98 Å². The van der Waals surface area contributed by atoms with Gasteiger partial charge in [-0.25, -0.2) is 4.79 Å². The van der Waals surface area contributed by atoms with Gasteiger partial charge in [0.15, 0.2) is 0 Å². The molecule has 0 unspecified atom stereocenters. The first kappa shape index (κ1) is 16.5. The maximum Gasteiger partial charge on any atom is 0.417 e. The molecule has 0 aliphatic heterocycles. The van der Waals surface area contributed by atoms with Crippen molar-refractivity contribution in [2.45, 2.75) is 12.7 Å². The van der Waals surface area contributed by atoms with Crippen molar-refractivity contribution in [1.29, 1.82) is 0 Å². The third kappa shape index (κ3) is 4.31. The van der Waals surface area contributed by atoms with E-state index in [0.29, 0.717) is 18.0 Å². The second-order valence-corrected chi connectivity index (χ2v) is 4.74. The molecule has 2 amide bonds. The minimum absolute atomic E-state index is 0.142. The van der Waals surface area contributed by atoms with E-state index in [1.54, 1.807) is 24.4 Å². The second-order valence-electron chi connectivity index (χ2n) is 4.74. The smallest absolute Gasteiger partial charge is 0.327 e. The first-order chi connectivity index (χ1) is 10.8. The first-order valence-electron chi connectivity index (χ1n) is 6.49. The number of H-pyrrole nitrogens is 1. The zero-order valence-corrected chi connectivity index (χ0v) is 12.0. The standard InChI is InChI=1S/C14H13F3N4O2/c1-21(8-10-4-2-3-5-18-10)13(23)20-11-6-9(14(15,16)17)7-19-12(11)22/h2-7H,8H2,1H3,(H,19,22)(H,20,23). The summed E-state index contributed by atoms with van der Waals surface area (Å²) in [5, 5.41) is 2.16. The number of rotatable bonds is 3. The lowest BCUT2D eigenvalue weighted by molar-refractivity contribution is -0.137.